The Bertz CT molecular complexity index is 1130. The number of imidazole rings is 1. The van der Waals surface area contributed by atoms with Crippen LogP contribution in [0.5, 0.6) is 0 Å². The van der Waals surface area contributed by atoms with Gasteiger partial charge in [-0.05, 0) is 39.0 Å². The fourth-order valence-electron chi connectivity index (χ4n) is 4.42. The van der Waals surface area contributed by atoms with Crippen molar-refractivity contribution in [2.75, 3.05) is 25.6 Å². The number of rotatable bonds is 10. The quantitative estimate of drug-likeness (QED) is 0.399. The SMILES string of the molecule is CC1CC[C@@H](COC(=P)CC[C@@H]2CC(COP(C)(=O)O)OC2n2cnc3c(=O)[nH]c(N)nc32)O1. The van der Waals surface area contributed by atoms with E-state index in [0.29, 0.717) is 37.0 Å². The molecule has 4 rings (SSSR count). The van der Waals surface area contributed by atoms with E-state index >= 15 is 0 Å². The minimum Gasteiger partial charge on any atom is -0.373 e. The Hall–Kier alpha value is -1.65. The number of nitrogen functional groups attached to an aromatic ring is 1. The molecular formula is C20H31N5O7P2. The number of fused-ring (bicyclic) bond motifs is 1. The molecule has 2 aliphatic heterocycles. The summed E-state index contributed by atoms with van der Waals surface area (Å²) in [5.74, 6) is -0.0468. The van der Waals surface area contributed by atoms with Crippen molar-refractivity contribution in [2.24, 2.45) is 5.92 Å². The minimum absolute atomic E-state index is 0.0199. The van der Waals surface area contributed by atoms with E-state index < -0.39 is 25.5 Å². The number of ether oxygens (including phenoxy) is 3. The van der Waals surface area contributed by atoms with Gasteiger partial charge in [0.05, 0.1) is 43.3 Å². The lowest BCUT2D eigenvalue weighted by atomic mass is 9.97. The number of hydrogen-bond donors (Lipinski definition) is 3. The third-order valence-corrected chi connectivity index (χ3v) is 7.05. The van der Waals surface area contributed by atoms with E-state index in [-0.39, 0.29) is 36.2 Å². The Labute approximate surface area is 198 Å². The molecule has 34 heavy (non-hydrogen) atoms. The largest absolute Gasteiger partial charge is 0.373 e. The summed E-state index contributed by atoms with van der Waals surface area (Å²) in [5.41, 5.74) is 6.49. The molecule has 4 heterocycles. The number of aromatic nitrogens is 4. The van der Waals surface area contributed by atoms with Gasteiger partial charge in [-0.15, -0.1) is 0 Å². The van der Waals surface area contributed by atoms with Gasteiger partial charge in [-0.2, -0.15) is 4.98 Å². The molecule has 0 aliphatic carbocycles. The van der Waals surface area contributed by atoms with Crippen molar-refractivity contribution in [3.63, 3.8) is 0 Å². The van der Waals surface area contributed by atoms with Gasteiger partial charge in [0.1, 0.15) is 6.23 Å². The summed E-state index contributed by atoms with van der Waals surface area (Å²) in [6.07, 6.45) is 4.82. The van der Waals surface area contributed by atoms with Gasteiger partial charge in [-0.25, -0.2) is 4.98 Å². The lowest BCUT2D eigenvalue weighted by Gasteiger charge is -2.21. The van der Waals surface area contributed by atoms with Crippen LogP contribution in [0.1, 0.15) is 45.3 Å². The van der Waals surface area contributed by atoms with E-state index in [1.54, 1.807) is 4.57 Å². The first-order chi connectivity index (χ1) is 16.1. The molecule has 4 N–H and O–H groups in total. The number of aromatic amines is 1. The predicted octanol–water partition coefficient (Wildman–Crippen LogP) is 2.07. The number of hydrogen-bond acceptors (Lipinski definition) is 9. The number of nitrogens with one attached hydrogen (secondary N) is 1. The molecule has 0 spiro atoms. The molecule has 2 aromatic rings. The van der Waals surface area contributed by atoms with Crippen LogP contribution < -0.4 is 11.3 Å². The van der Waals surface area contributed by atoms with Gasteiger partial charge in [0.2, 0.25) is 5.95 Å². The highest BCUT2D eigenvalue weighted by molar-refractivity contribution is 7.51. The Morgan fingerprint density at radius 1 is 1.38 bits per heavy atom. The Kier molecular flexibility index (Phi) is 7.89. The van der Waals surface area contributed by atoms with E-state index in [1.807, 2.05) is 0 Å². The smallest absolute Gasteiger partial charge is 0.325 e. The molecule has 188 valence electrons. The molecule has 12 nitrogen and oxygen atoms in total. The Balaban J connectivity index is 1.45. The molecule has 14 heteroatoms. The highest BCUT2D eigenvalue weighted by Crippen LogP contribution is 2.42. The van der Waals surface area contributed by atoms with Gasteiger partial charge >= 0.3 is 7.60 Å². The fraction of sp³-hybridized carbons (Fsp3) is 0.700. The maximum absolute atomic E-state index is 12.2. The topological polar surface area (TPSA) is 164 Å². The van der Waals surface area contributed by atoms with Crippen LogP contribution in [0.25, 0.3) is 11.2 Å². The molecular weight excluding hydrogens is 484 g/mol. The van der Waals surface area contributed by atoms with E-state index in [4.69, 9.17) is 24.5 Å². The first-order valence-electron chi connectivity index (χ1n) is 11.3. The van der Waals surface area contributed by atoms with Crippen molar-refractivity contribution in [1.29, 1.82) is 0 Å². The zero-order valence-corrected chi connectivity index (χ0v) is 21.1. The Morgan fingerprint density at radius 2 is 2.18 bits per heavy atom. The van der Waals surface area contributed by atoms with Gasteiger partial charge < -0.3 is 29.4 Å². The first kappa shape index (κ1) is 25.4. The molecule has 0 bridgehead atoms. The second-order valence-corrected chi connectivity index (χ2v) is 11.4. The monoisotopic (exact) mass is 515 g/mol. The van der Waals surface area contributed by atoms with Crippen LogP contribution in [-0.2, 0) is 23.3 Å². The molecule has 2 aromatic heterocycles. The predicted molar refractivity (Wildman–Crippen MR) is 128 cm³/mol. The number of nitrogens with two attached hydrogens (primary N) is 1. The lowest BCUT2D eigenvalue weighted by molar-refractivity contribution is -0.0288. The van der Waals surface area contributed by atoms with E-state index in [2.05, 4.69) is 30.7 Å². The third-order valence-electron chi connectivity index (χ3n) is 6.03. The van der Waals surface area contributed by atoms with Crippen LogP contribution in [0, 0.1) is 5.92 Å². The molecule has 2 aliphatic rings. The van der Waals surface area contributed by atoms with Gasteiger partial charge in [0.25, 0.3) is 5.56 Å². The van der Waals surface area contributed by atoms with Crippen molar-refractivity contribution < 1.29 is 28.2 Å². The average Bonchev–Trinajstić information content (AvgIpc) is 3.46. The summed E-state index contributed by atoms with van der Waals surface area (Å²) in [6.45, 7) is 3.66. The number of H-pyrrole nitrogens is 1. The van der Waals surface area contributed by atoms with Gasteiger partial charge in [0, 0.05) is 12.6 Å². The molecule has 0 aromatic carbocycles. The second-order valence-electron chi connectivity index (χ2n) is 8.94. The average molecular weight is 515 g/mol. The maximum atomic E-state index is 12.2. The molecule has 0 amide bonds. The number of anilines is 1. The van der Waals surface area contributed by atoms with E-state index in [9.17, 15) is 14.3 Å². The zero-order valence-electron chi connectivity index (χ0n) is 19.2. The van der Waals surface area contributed by atoms with Crippen LogP contribution in [0.4, 0.5) is 5.95 Å². The lowest BCUT2D eigenvalue weighted by Crippen LogP contribution is -2.20. The fourth-order valence-corrected chi connectivity index (χ4v) is 5.09. The summed E-state index contributed by atoms with van der Waals surface area (Å²) in [4.78, 5) is 32.5. The van der Waals surface area contributed by atoms with Crippen LogP contribution in [-0.4, -0.2) is 68.1 Å². The molecule has 0 radical (unpaired) electrons. The van der Waals surface area contributed by atoms with E-state index in [0.717, 1.165) is 19.5 Å². The summed E-state index contributed by atoms with van der Waals surface area (Å²) in [5, 5.41) is 0. The Morgan fingerprint density at radius 3 is 2.88 bits per heavy atom. The normalized spacial score (nSPS) is 29.0. The van der Waals surface area contributed by atoms with Crippen molar-refractivity contribution >= 4 is 39.1 Å². The third kappa shape index (κ3) is 6.31. The van der Waals surface area contributed by atoms with E-state index in [1.165, 1.54) is 6.33 Å². The molecule has 2 fully saturated rings. The summed E-state index contributed by atoms with van der Waals surface area (Å²) in [7, 11) is -0.0675. The molecule has 0 saturated carbocycles. The minimum atomic E-state index is -3.64. The molecule has 4 unspecified atom stereocenters. The van der Waals surface area contributed by atoms with Gasteiger partial charge in [-0.3, -0.25) is 18.9 Å². The van der Waals surface area contributed by atoms with Crippen LogP contribution in [0.3, 0.4) is 0 Å². The first-order valence-corrected chi connectivity index (χ1v) is 13.8. The van der Waals surface area contributed by atoms with Crippen molar-refractivity contribution in [3.8, 4) is 0 Å². The molecule has 6 atom stereocenters. The van der Waals surface area contributed by atoms with Crippen molar-refractivity contribution in [3.05, 3.63) is 16.7 Å². The summed E-state index contributed by atoms with van der Waals surface area (Å²) < 4.78 is 36.2. The standard InChI is InChI=1S/C20H31N5O7P2/c1-11-3-5-13(31-11)8-29-15(33)6-4-12-7-14(9-30-34(2,27)28)32-19(12)25-10-22-16-17(25)23-20(21)24-18(16)26/h10-14,19,33H,3-9H2,1-2H3,(H,27,28)(H3,21,23,24,26)/t11?,12-,13+,14?,19?/m1/s1. The second kappa shape index (κ2) is 10.5. The van der Waals surface area contributed by atoms with Crippen LogP contribution >= 0.6 is 16.5 Å². The number of nitrogens with zero attached hydrogens (tertiary/aromatic N) is 3. The highest BCUT2D eigenvalue weighted by atomic mass is 31.2. The molecule has 2 saturated heterocycles. The van der Waals surface area contributed by atoms with Gasteiger partial charge in [-0.1, -0.05) is 8.86 Å². The summed E-state index contributed by atoms with van der Waals surface area (Å²) in [6, 6.07) is 0. The van der Waals surface area contributed by atoms with Crippen LogP contribution in [0.15, 0.2) is 11.1 Å². The maximum Gasteiger partial charge on any atom is 0.325 e. The van der Waals surface area contributed by atoms with Crippen LogP contribution in [0.2, 0.25) is 0 Å². The zero-order chi connectivity index (χ0) is 24.5. The highest BCUT2D eigenvalue weighted by Gasteiger charge is 2.38. The van der Waals surface area contributed by atoms with Gasteiger partial charge in [0.15, 0.2) is 11.2 Å². The van der Waals surface area contributed by atoms with Crippen molar-refractivity contribution in [1.82, 2.24) is 19.5 Å². The van der Waals surface area contributed by atoms with Crippen molar-refractivity contribution in [2.45, 2.75) is 63.6 Å². The summed E-state index contributed by atoms with van der Waals surface area (Å²) >= 11 is 0.